The van der Waals surface area contributed by atoms with E-state index in [4.69, 9.17) is 0 Å². The molecule has 1 N–H and O–H groups in total. The first kappa shape index (κ1) is 6.09. The van der Waals surface area contributed by atoms with Crippen LogP contribution in [0.25, 0.3) is 17.1 Å². The van der Waals surface area contributed by atoms with Crippen molar-refractivity contribution in [2.75, 3.05) is 0 Å². The second kappa shape index (κ2) is 2.20. The van der Waals surface area contributed by atoms with Crippen molar-refractivity contribution in [2.24, 2.45) is 0 Å². The first-order chi connectivity index (χ1) is 5.40. The molecule has 3 heteroatoms. The van der Waals surface area contributed by atoms with Crippen molar-refractivity contribution < 1.29 is 0 Å². The predicted molar refractivity (Wildman–Crippen MR) is 44.0 cm³/mol. The summed E-state index contributed by atoms with van der Waals surface area (Å²) in [6.07, 6.45) is 3.41. The third kappa shape index (κ3) is 0.902. The first-order valence-corrected chi connectivity index (χ1v) is 3.33. The maximum Gasteiger partial charge on any atom is 0.109 e. The van der Waals surface area contributed by atoms with Crippen LogP contribution in [-0.2, 0) is 0 Å². The van der Waals surface area contributed by atoms with Gasteiger partial charge in [0.25, 0.3) is 0 Å². The van der Waals surface area contributed by atoms with Crippen LogP contribution < -0.4 is 0 Å². The lowest BCUT2D eigenvalue weighted by Gasteiger charge is -1.90. The van der Waals surface area contributed by atoms with Crippen LogP contribution in [0.5, 0.6) is 0 Å². The fraction of sp³-hybridized carbons (Fsp3) is 0. The quantitative estimate of drug-likeness (QED) is 0.662. The summed E-state index contributed by atoms with van der Waals surface area (Å²) in [4.78, 5) is 4.24. The summed E-state index contributed by atoms with van der Waals surface area (Å²) >= 11 is 0. The molecule has 54 valence electrons. The maximum absolute atomic E-state index is 4.24. The molecule has 11 heavy (non-hydrogen) atoms. The average molecular weight is 145 g/mol. The van der Waals surface area contributed by atoms with E-state index in [1.54, 1.807) is 12.3 Å². The van der Waals surface area contributed by atoms with E-state index in [1.807, 2.05) is 12.1 Å². The fourth-order valence-corrected chi connectivity index (χ4v) is 0.960. The molecule has 2 heterocycles. The van der Waals surface area contributed by atoms with E-state index < -0.39 is 0 Å². The Labute approximate surface area is 63.8 Å². The molecule has 2 aromatic heterocycles. The highest BCUT2D eigenvalue weighted by Crippen LogP contribution is 2.08. The van der Waals surface area contributed by atoms with Gasteiger partial charge in [-0.2, -0.15) is 5.10 Å². The minimum absolute atomic E-state index is 0.874. The molecule has 0 aliphatic carbocycles. The van der Waals surface area contributed by atoms with Crippen LogP contribution in [0.2, 0.25) is 0 Å². The third-order valence-corrected chi connectivity index (χ3v) is 1.53. The van der Waals surface area contributed by atoms with Crippen LogP contribution in [0.1, 0.15) is 5.69 Å². The van der Waals surface area contributed by atoms with Gasteiger partial charge in [0, 0.05) is 0 Å². The van der Waals surface area contributed by atoms with Crippen LogP contribution in [0.15, 0.2) is 24.9 Å². The number of hydrogen-bond donors (Lipinski definition) is 1. The van der Waals surface area contributed by atoms with Gasteiger partial charge in [-0.1, -0.05) is 6.58 Å². The zero-order valence-electron chi connectivity index (χ0n) is 5.91. The predicted octanol–water partition coefficient (Wildman–Crippen LogP) is 1.60. The molecule has 2 rings (SSSR count). The number of nitrogens with zero attached hydrogens (tertiary/aromatic N) is 2. The summed E-state index contributed by atoms with van der Waals surface area (Å²) in [7, 11) is 0. The number of fused-ring (bicyclic) bond motifs is 1. The number of H-pyrrole nitrogens is 1. The summed E-state index contributed by atoms with van der Waals surface area (Å²) in [6.45, 7) is 3.63. The number of hydrogen-bond acceptors (Lipinski definition) is 2. The molecule has 0 spiro atoms. The van der Waals surface area contributed by atoms with Crippen molar-refractivity contribution in [3.8, 4) is 0 Å². The number of pyridine rings is 1. The van der Waals surface area contributed by atoms with Gasteiger partial charge >= 0.3 is 0 Å². The fourth-order valence-electron chi connectivity index (χ4n) is 0.960. The van der Waals surface area contributed by atoms with Gasteiger partial charge < -0.3 is 0 Å². The molecule has 0 fully saturated rings. The summed E-state index contributed by atoms with van der Waals surface area (Å²) in [5.41, 5.74) is 2.71. The maximum atomic E-state index is 4.24. The van der Waals surface area contributed by atoms with Crippen molar-refractivity contribution in [1.82, 2.24) is 15.2 Å². The molecule has 0 radical (unpaired) electrons. The highest BCUT2D eigenvalue weighted by Gasteiger charge is 1.95. The highest BCUT2D eigenvalue weighted by molar-refractivity contribution is 5.74. The molecule has 0 aliphatic rings. The average Bonchev–Trinajstić information content (AvgIpc) is 2.50. The summed E-state index contributed by atoms with van der Waals surface area (Å²) in [5.74, 6) is 0. The van der Waals surface area contributed by atoms with Crippen molar-refractivity contribution >= 4 is 17.1 Å². The van der Waals surface area contributed by atoms with Gasteiger partial charge in [-0.3, -0.25) is 5.10 Å². The Morgan fingerprint density at radius 2 is 2.36 bits per heavy atom. The van der Waals surface area contributed by atoms with Crippen LogP contribution >= 0.6 is 0 Å². The molecular formula is C8H7N3. The second-order valence-corrected chi connectivity index (χ2v) is 2.24. The molecule has 0 amide bonds. The Balaban J connectivity index is 2.76. The minimum Gasteiger partial charge on any atom is -0.276 e. The molecular weight excluding hydrogens is 138 g/mol. The van der Waals surface area contributed by atoms with Gasteiger partial charge in [0.15, 0.2) is 0 Å². The Bertz CT molecular complexity index is 389. The molecule has 0 atom stereocenters. The number of rotatable bonds is 1. The van der Waals surface area contributed by atoms with Crippen LogP contribution in [-0.4, -0.2) is 15.2 Å². The number of aromatic nitrogens is 3. The zero-order chi connectivity index (χ0) is 7.68. The van der Waals surface area contributed by atoms with E-state index in [9.17, 15) is 0 Å². The molecule has 0 saturated heterocycles. The smallest absolute Gasteiger partial charge is 0.109 e. The van der Waals surface area contributed by atoms with Crippen molar-refractivity contribution in [3.05, 3.63) is 30.6 Å². The van der Waals surface area contributed by atoms with E-state index in [0.717, 1.165) is 16.7 Å². The van der Waals surface area contributed by atoms with E-state index in [0.29, 0.717) is 0 Å². The third-order valence-electron chi connectivity index (χ3n) is 1.53. The molecule has 0 aliphatic heterocycles. The Hall–Kier alpha value is -1.64. The number of nitrogens with one attached hydrogen (secondary N) is 1. The molecule has 0 aromatic carbocycles. The summed E-state index contributed by atoms with van der Waals surface area (Å²) in [6, 6.07) is 3.83. The largest absolute Gasteiger partial charge is 0.276 e. The van der Waals surface area contributed by atoms with Gasteiger partial charge in [0.2, 0.25) is 0 Å². The van der Waals surface area contributed by atoms with Gasteiger partial charge in [0.05, 0.1) is 17.4 Å². The van der Waals surface area contributed by atoms with Gasteiger partial charge in [0.1, 0.15) is 5.52 Å². The molecule has 0 unspecified atom stereocenters. The topological polar surface area (TPSA) is 41.6 Å². The number of aromatic amines is 1. The monoisotopic (exact) mass is 145 g/mol. The first-order valence-electron chi connectivity index (χ1n) is 3.33. The lowest BCUT2D eigenvalue weighted by Crippen LogP contribution is -1.78. The lowest BCUT2D eigenvalue weighted by atomic mass is 10.3. The van der Waals surface area contributed by atoms with Gasteiger partial charge in [-0.05, 0) is 18.2 Å². The lowest BCUT2D eigenvalue weighted by molar-refractivity contribution is 1.12. The Kier molecular flexibility index (Phi) is 1.22. The highest BCUT2D eigenvalue weighted by atomic mass is 15.1. The Morgan fingerprint density at radius 1 is 1.45 bits per heavy atom. The van der Waals surface area contributed by atoms with Gasteiger partial charge in [-0.15, -0.1) is 0 Å². The van der Waals surface area contributed by atoms with E-state index in [2.05, 4.69) is 21.8 Å². The van der Waals surface area contributed by atoms with E-state index >= 15 is 0 Å². The Morgan fingerprint density at radius 3 is 3.18 bits per heavy atom. The van der Waals surface area contributed by atoms with Crippen molar-refractivity contribution in [3.63, 3.8) is 0 Å². The van der Waals surface area contributed by atoms with Crippen LogP contribution in [0.4, 0.5) is 0 Å². The van der Waals surface area contributed by atoms with Crippen LogP contribution in [0, 0.1) is 0 Å². The molecule has 2 aromatic rings. The van der Waals surface area contributed by atoms with E-state index in [1.165, 1.54) is 0 Å². The molecule has 3 nitrogen and oxygen atoms in total. The standard InChI is InChI=1S/C8H7N3/c1-2-6-3-4-7-8(10-6)5-9-11-7/h2-5H,1H2,(H,9,11). The SMILES string of the molecule is C=Cc1ccc2[nH]ncc2n1. The van der Waals surface area contributed by atoms with Crippen molar-refractivity contribution in [1.29, 1.82) is 0 Å². The second-order valence-electron chi connectivity index (χ2n) is 2.24. The normalized spacial score (nSPS) is 10.2. The summed E-state index contributed by atoms with van der Waals surface area (Å²) < 4.78 is 0. The van der Waals surface area contributed by atoms with Crippen LogP contribution in [0.3, 0.4) is 0 Å². The molecule has 0 saturated carbocycles. The summed E-state index contributed by atoms with van der Waals surface area (Å²) in [5, 5.41) is 6.68. The molecule has 0 bridgehead atoms. The van der Waals surface area contributed by atoms with E-state index in [-0.39, 0.29) is 0 Å². The minimum atomic E-state index is 0.874. The zero-order valence-corrected chi connectivity index (χ0v) is 5.91. The van der Waals surface area contributed by atoms with Crippen molar-refractivity contribution in [2.45, 2.75) is 0 Å². The van der Waals surface area contributed by atoms with Gasteiger partial charge in [-0.25, -0.2) is 4.98 Å².